The molecule has 2 aromatic heterocycles. The zero-order chi connectivity index (χ0) is 15.3. The van der Waals surface area contributed by atoms with Crippen molar-refractivity contribution in [1.29, 1.82) is 0 Å². The van der Waals surface area contributed by atoms with Gasteiger partial charge in [-0.15, -0.1) is 11.3 Å². The molecule has 0 radical (unpaired) electrons. The van der Waals surface area contributed by atoms with E-state index in [-0.39, 0.29) is 5.54 Å². The van der Waals surface area contributed by atoms with Gasteiger partial charge in [-0.3, -0.25) is 0 Å². The highest BCUT2D eigenvalue weighted by atomic mass is 32.1. The minimum atomic E-state index is 0.114. The van der Waals surface area contributed by atoms with Gasteiger partial charge < -0.3 is 10.2 Å². The van der Waals surface area contributed by atoms with Crippen LogP contribution in [0.5, 0.6) is 0 Å². The predicted octanol–water partition coefficient (Wildman–Crippen LogP) is 3.71. The molecule has 0 aromatic carbocycles. The van der Waals surface area contributed by atoms with Crippen molar-refractivity contribution in [2.45, 2.75) is 39.3 Å². The Morgan fingerprint density at radius 2 is 2.00 bits per heavy atom. The van der Waals surface area contributed by atoms with Gasteiger partial charge in [0, 0.05) is 30.6 Å². The van der Waals surface area contributed by atoms with Crippen LogP contribution in [0.15, 0.2) is 35.7 Å². The van der Waals surface area contributed by atoms with Gasteiger partial charge in [0.25, 0.3) is 0 Å². The summed E-state index contributed by atoms with van der Waals surface area (Å²) in [6.45, 7) is 8.30. The molecule has 2 aromatic rings. The van der Waals surface area contributed by atoms with Crippen LogP contribution in [-0.2, 0) is 13.0 Å². The first kappa shape index (κ1) is 16.0. The van der Waals surface area contributed by atoms with Gasteiger partial charge in [-0.05, 0) is 50.8 Å². The first-order valence-corrected chi connectivity index (χ1v) is 8.26. The van der Waals surface area contributed by atoms with Crippen molar-refractivity contribution in [2.75, 3.05) is 18.5 Å². The summed E-state index contributed by atoms with van der Waals surface area (Å²) in [5.41, 5.74) is 1.20. The molecule has 0 spiro atoms. The van der Waals surface area contributed by atoms with E-state index in [1.54, 1.807) is 0 Å². The first-order chi connectivity index (χ1) is 9.94. The Bertz CT molecular complexity index is 543. The molecule has 2 heterocycles. The molecule has 0 aliphatic rings. The number of nitrogens with zero attached hydrogens (tertiary/aromatic N) is 2. The van der Waals surface area contributed by atoms with Gasteiger partial charge in [-0.2, -0.15) is 0 Å². The zero-order valence-electron chi connectivity index (χ0n) is 13.4. The van der Waals surface area contributed by atoms with E-state index in [0.29, 0.717) is 0 Å². The minimum Gasteiger partial charge on any atom is -0.359 e. The Morgan fingerprint density at radius 1 is 1.19 bits per heavy atom. The van der Waals surface area contributed by atoms with Crippen molar-refractivity contribution in [3.05, 3.63) is 46.3 Å². The Hall–Kier alpha value is -1.39. The maximum atomic E-state index is 4.74. The molecule has 0 atom stereocenters. The van der Waals surface area contributed by atoms with Crippen LogP contribution in [0, 0.1) is 0 Å². The number of aromatic nitrogens is 1. The lowest BCUT2D eigenvalue weighted by atomic mass is 10.1. The van der Waals surface area contributed by atoms with Crippen molar-refractivity contribution in [3.63, 3.8) is 0 Å². The van der Waals surface area contributed by atoms with E-state index in [1.807, 2.05) is 11.3 Å². The summed E-state index contributed by atoms with van der Waals surface area (Å²) >= 11 is 1.82. The highest BCUT2D eigenvalue weighted by Gasteiger charge is 2.10. The topological polar surface area (TPSA) is 28.2 Å². The van der Waals surface area contributed by atoms with Crippen molar-refractivity contribution < 1.29 is 0 Å². The smallest absolute Gasteiger partial charge is 0.128 e. The molecule has 3 nitrogen and oxygen atoms in total. The van der Waals surface area contributed by atoms with Crippen LogP contribution in [-0.4, -0.2) is 24.1 Å². The summed E-state index contributed by atoms with van der Waals surface area (Å²) in [6, 6.07) is 10.5. The molecule has 21 heavy (non-hydrogen) atoms. The summed E-state index contributed by atoms with van der Waals surface area (Å²) in [5, 5.41) is 5.61. The van der Waals surface area contributed by atoms with Gasteiger partial charge in [-0.25, -0.2) is 4.98 Å². The molecule has 0 bridgehead atoms. The third kappa shape index (κ3) is 5.48. The van der Waals surface area contributed by atoms with E-state index in [1.165, 1.54) is 4.88 Å². The lowest BCUT2D eigenvalue weighted by molar-refractivity contribution is 0.421. The maximum Gasteiger partial charge on any atom is 0.128 e. The lowest BCUT2D eigenvalue weighted by Crippen LogP contribution is -2.35. The Kier molecular flexibility index (Phi) is 5.37. The van der Waals surface area contributed by atoms with Gasteiger partial charge in [0.2, 0.25) is 0 Å². The lowest BCUT2D eigenvalue weighted by Gasteiger charge is -2.22. The number of hydrogen-bond acceptors (Lipinski definition) is 4. The van der Waals surface area contributed by atoms with Crippen LogP contribution in [0.4, 0.5) is 5.82 Å². The molecule has 0 amide bonds. The second-order valence-corrected chi connectivity index (χ2v) is 7.37. The number of pyridine rings is 1. The van der Waals surface area contributed by atoms with E-state index >= 15 is 0 Å². The number of anilines is 1. The third-order valence-corrected chi connectivity index (χ3v) is 4.19. The van der Waals surface area contributed by atoms with Crippen LogP contribution in [0.1, 0.15) is 31.3 Å². The molecule has 0 fully saturated rings. The standard InChI is InChI=1S/C17H25N3S/c1-17(2,3)18-13-14-7-5-9-16(19-14)20(4)11-10-15-8-6-12-21-15/h5-9,12,18H,10-11,13H2,1-4H3. The van der Waals surface area contributed by atoms with Crippen LogP contribution < -0.4 is 10.2 Å². The quantitative estimate of drug-likeness (QED) is 0.882. The highest BCUT2D eigenvalue weighted by Crippen LogP contribution is 2.14. The monoisotopic (exact) mass is 303 g/mol. The molecule has 4 heteroatoms. The van der Waals surface area contributed by atoms with E-state index in [9.17, 15) is 0 Å². The maximum absolute atomic E-state index is 4.74. The summed E-state index contributed by atoms with van der Waals surface area (Å²) in [7, 11) is 2.11. The largest absolute Gasteiger partial charge is 0.359 e. The predicted molar refractivity (Wildman–Crippen MR) is 92.1 cm³/mol. The number of hydrogen-bond donors (Lipinski definition) is 1. The fraction of sp³-hybridized carbons (Fsp3) is 0.471. The molecule has 1 N–H and O–H groups in total. The molecule has 0 aliphatic carbocycles. The molecule has 0 unspecified atom stereocenters. The first-order valence-electron chi connectivity index (χ1n) is 7.38. The Balaban J connectivity index is 1.92. The summed E-state index contributed by atoms with van der Waals surface area (Å²) in [4.78, 5) is 8.39. The van der Waals surface area contributed by atoms with Crippen LogP contribution >= 0.6 is 11.3 Å². The summed E-state index contributed by atoms with van der Waals surface area (Å²) in [6.07, 6.45) is 1.07. The number of thiophene rings is 1. The molecule has 2 rings (SSSR count). The fourth-order valence-corrected chi connectivity index (χ4v) is 2.68. The molecule has 0 aliphatic heterocycles. The SMILES string of the molecule is CN(CCc1cccs1)c1cccc(CNC(C)(C)C)n1. The summed E-state index contributed by atoms with van der Waals surface area (Å²) in [5.74, 6) is 1.04. The van der Waals surface area contributed by atoms with Gasteiger partial charge in [-0.1, -0.05) is 12.1 Å². The Morgan fingerprint density at radius 3 is 2.67 bits per heavy atom. The molecule has 0 saturated heterocycles. The van der Waals surface area contributed by atoms with E-state index in [4.69, 9.17) is 4.98 Å². The molecule has 114 valence electrons. The van der Waals surface area contributed by atoms with Crippen molar-refractivity contribution >= 4 is 17.2 Å². The zero-order valence-corrected chi connectivity index (χ0v) is 14.2. The average molecular weight is 303 g/mol. The van der Waals surface area contributed by atoms with Crippen LogP contribution in [0.2, 0.25) is 0 Å². The van der Waals surface area contributed by atoms with Crippen LogP contribution in [0.25, 0.3) is 0 Å². The molecular formula is C17H25N3S. The highest BCUT2D eigenvalue weighted by molar-refractivity contribution is 7.09. The molecule has 0 saturated carbocycles. The van der Waals surface area contributed by atoms with E-state index in [0.717, 1.165) is 31.0 Å². The Labute approximate surface area is 132 Å². The van der Waals surface area contributed by atoms with Gasteiger partial charge in [0.1, 0.15) is 5.82 Å². The number of nitrogens with one attached hydrogen (secondary N) is 1. The van der Waals surface area contributed by atoms with Gasteiger partial charge >= 0.3 is 0 Å². The van der Waals surface area contributed by atoms with Crippen molar-refractivity contribution in [3.8, 4) is 0 Å². The third-order valence-electron chi connectivity index (χ3n) is 3.26. The molecular weight excluding hydrogens is 278 g/mol. The van der Waals surface area contributed by atoms with Gasteiger partial charge in [0.05, 0.1) is 5.69 Å². The second-order valence-electron chi connectivity index (χ2n) is 6.34. The average Bonchev–Trinajstić information content (AvgIpc) is 2.95. The fourth-order valence-electron chi connectivity index (χ4n) is 1.98. The van der Waals surface area contributed by atoms with Crippen LogP contribution in [0.3, 0.4) is 0 Å². The second kappa shape index (κ2) is 7.05. The minimum absolute atomic E-state index is 0.114. The van der Waals surface area contributed by atoms with E-state index < -0.39 is 0 Å². The number of likely N-dealkylation sites (N-methyl/N-ethyl adjacent to an activating group) is 1. The van der Waals surface area contributed by atoms with Crippen molar-refractivity contribution in [1.82, 2.24) is 10.3 Å². The normalized spacial score (nSPS) is 11.6. The number of rotatable bonds is 6. The van der Waals surface area contributed by atoms with Crippen molar-refractivity contribution in [2.24, 2.45) is 0 Å². The summed E-state index contributed by atoms with van der Waals surface area (Å²) < 4.78 is 0. The van der Waals surface area contributed by atoms with Gasteiger partial charge in [0.15, 0.2) is 0 Å². The van der Waals surface area contributed by atoms with E-state index in [2.05, 4.69) is 73.7 Å².